The van der Waals surface area contributed by atoms with Crippen LogP contribution in [0.15, 0.2) is 29.4 Å². The molecular formula is C21H28N4. The molecule has 0 spiro atoms. The molecule has 0 aromatic carbocycles. The third-order valence-electron chi connectivity index (χ3n) is 5.54. The molecule has 0 radical (unpaired) electrons. The summed E-state index contributed by atoms with van der Waals surface area (Å²) in [5.74, 6) is 1.64. The Balaban J connectivity index is 1.83. The van der Waals surface area contributed by atoms with Gasteiger partial charge in [-0.3, -0.25) is 10.1 Å². The van der Waals surface area contributed by atoms with Crippen molar-refractivity contribution >= 4 is 17.0 Å². The Labute approximate surface area is 150 Å². The SMILES string of the molecule is C=C1c2c(n[nH]c2C)C(C(C=C(C)C)=NC)=CN1C(C1CC1)C1CC1. The van der Waals surface area contributed by atoms with E-state index in [1.165, 1.54) is 31.3 Å². The summed E-state index contributed by atoms with van der Waals surface area (Å²) in [5, 5.41) is 7.76. The monoisotopic (exact) mass is 336 g/mol. The van der Waals surface area contributed by atoms with Crippen LogP contribution < -0.4 is 0 Å². The molecule has 1 aromatic heterocycles. The second-order valence-electron chi connectivity index (χ2n) is 7.96. The molecule has 1 aromatic rings. The first-order valence-corrected chi connectivity index (χ1v) is 9.38. The van der Waals surface area contributed by atoms with Gasteiger partial charge in [0.15, 0.2) is 0 Å². The summed E-state index contributed by atoms with van der Waals surface area (Å²) < 4.78 is 0. The summed E-state index contributed by atoms with van der Waals surface area (Å²) in [4.78, 5) is 7.02. The van der Waals surface area contributed by atoms with Crippen LogP contribution in [0.25, 0.3) is 11.3 Å². The highest BCUT2D eigenvalue weighted by atomic mass is 15.2. The quantitative estimate of drug-likeness (QED) is 0.800. The summed E-state index contributed by atoms with van der Waals surface area (Å²) in [7, 11) is 1.86. The molecule has 0 saturated heterocycles. The highest BCUT2D eigenvalue weighted by molar-refractivity contribution is 6.30. The van der Waals surface area contributed by atoms with Gasteiger partial charge in [-0.25, -0.2) is 0 Å². The Hall–Kier alpha value is -2.10. The molecule has 0 bridgehead atoms. The van der Waals surface area contributed by atoms with Gasteiger partial charge in [-0.05, 0) is 64.4 Å². The third kappa shape index (κ3) is 2.88. The molecule has 2 heterocycles. The molecule has 0 amide bonds. The summed E-state index contributed by atoms with van der Waals surface area (Å²) >= 11 is 0. The Morgan fingerprint density at radius 2 is 1.96 bits per heavy atom. The molecule has 4 nitrogen and oxygen atoms in total. The largest absolute Gasteiger partial charge is 0.343 e. The minimum Gasteiger partial charge on any atom is -0.343 e. The molecule has 2 fully saturated rings. The fourth-order valence-corrected chi connectivity index (χ4v) is 4.09. The van der Waals surface area contributed by atoms with Crippen LogP contribution in [-0.4, -0.2) is 33.9 Å². The van der Waals surface area contributed by atoms with Gasteiger partial charge in [0.25, 0.3) is 0 Å². The maximum absolute atomic E-state index is 4.59. The second-order valence-corrected chi connectivity index (χ2v) is 7.96. The van der Waals surface area contributed by atoms with Crippen molar-refractivity contribution < 1.29 is 0 Å². The number of H-pyrrole nitrogens is 1. The predicted octanol–water partition coefficient (Wildman–Crippen LogP) is 4.57. The van der Waals surface area contributed by atoms with Crippen LogP contribution in [0.1, 0.15) is 56.5 Å². The fraction of sp³-hybridized carbons (Fsp3) is 0.524. The number of fused-ring (bicyclic) bond motifs is 1. The predicted molar refractivity (Wildman–Crippen MR) is 104 cm³/mol. The summed E-state index contributed by atoms with van der Waals surface area (Å²) in [6, 6.07) is 0.592. The molecule has 1 aliphatic heterocycles. The molecule has 2 saturated carbocycles. The number of aromatic nitrogens is 2. The van der Waals surface area contributed by atoms with Crippen molar-refractivity contribution in [3.63, 3.8) is 0 Å². The highest BCUT2D eigenvalue weighted by Crippen LogP contribution is 2.50. The van der Waals surface area contributed by atoms with Gasteiger partial charge < -0.3 is 4.90 Å². The zero-order valence-electron chi connectivity index (χ0n) is 15.8. The lowest BCUT2D eigenvalue weighted by Crippen LogP contribution is -2.35. The normalized spacial score (nSPS) is 20.7. The lowest BCUT2D eigenvalue weighted by Gasteiger charge is -2.36. The molecule has 4 heteroatoms. The summed E-state index contributed by atoms with van der Waals surface area (Å²) in [6.07, 6.45) is 9.84. The number of hydrogen-bond donors (Lipinski definition) is 1. The minimum absolute atomic E-state index is 0.592. The number of hydrogen-bond acceptors (Lipinski definition) is 3. The molecule has 2 aliphatic carbocycles. The third-order valence-corrected chi connectivity index (χ3v) is 5.54. The van der Waals surface area contributed by atoms with Crippen LogP contribution in [0.3, 0.4) is 0 Å². The van der Waals surface area contributed by atoms with Gasteiger partial charge in [0, 0.05) is 41.8 Å². The Morgan fingerprint density at radius 3 is 2.48 bits per heavy atom. The zero-order valence-corrected chi connectivity index (χ0v) is 15.8. The number of allylic oxidation sites excluding steroid dienone is 3. The maximum atomic E-state index is 4.59. The topological polar surface area (TPSA) is 44.3 Å². The van der Waals surface area contributed by atoms with Crippen molar-refractivity contribution in [3.05, 3.63) is 41.4 Å². The maximum Gasteiger partial charge on any atom is 0.105 e. The summed E-state index contributed by atoms with van der Waals surface area (Å²) in [5.41, 5.74) is 7.69. The van der Waals surface area contributed by atoms with E-state index in [1.54, 1.807) is 0 Å². The Kier molecular flexibility index (Phi) is 3.94. The van der Waals surface area contributed by atoms with E-state index in [-0.39, 0.29) is 0 Å². The molecular weight excluding hydrogens is 308 g/mol. The average Bonchev–Trinajstić information content (AvgIpc) is 3.48. The first-order chi connectivity index (χ1) is 12.0. The Morgan fingerprint density at radius 1 is 1.32 bits per heavy atom. The van der Waals surface area contributed by atoms with Crippen molar-refractivity contribution in [2.75, 3.05) is 7.05 Å². The number of aliphatic imine (C=N–C) groups is 1. The van der Waals surface area contributed by atoms with Crippen molar-refractivity contribution in [1.29, 1.82) is 0 Å². The molecule has 1 N–H and O–H groups in total. The molecule has 25 heavy (non-hydrogen) atoms. The van der Waals surface area contributed by atoms with Gasteiger partial charge in [0.1, 0.15) is 5.69 Å². The number of nitrogens with zero attached hydrogens (tertiary/aromatic N) is 3. The van der Waals surface area contributed by atoms with E-state index in [0.29, 0.717) is 6.04 Å². The van der Waals surface area contributed by atoms with Crippen LogP contribution in [-0.2, 0) is 0 Å². The van der Waals surface area contributed by atoms with E-state index in [4.69, 9.17) is 0 Å². The standard InChI is InChI=1S/C21H28N4/c1-12(2)10-18(22-5)17-11-25(21(15-6-7-15)16-8-9-16)14(4)19-13(3)23-24-20(17)19/h10-11,15-16,21H,4,6-9H2,1-3,5H3,(H,23,24). The first-order valence-electron chi connectivity index (χ1n) is 9.38. The molecule has 3 aliphatic rings. The number of aromatic amines is 1. The lowest BCUT2D eigenvalue weighted by molar-refractivity contribution is 0.307. The van der Waals surface area contributed by atoms with Gasteiger partial charge in [-0.1, -0.05) is 12.2 Å². The van der Waals surface area contributed by atoms with Crippen LogP contribution in [0, 0.1) is 18.8 Å². The highest BCUT2D eigenvalue weighted by Gasteiger charge is 2.46. The van der Waals surface area contributed by atoms with Crippen LogP contribution in [0.2, 0.25) is 0 Å². The van der Waals surface area contributed by atoms with Gasteiger partial charge in [0.2, 0.25) is 0 Å². The van der Waals surface area contributed by atoms with Crippen molar-refractivity contribution in [3.8, 4) is 0 Å². The smallest absolute Gasteiger partial charge is 0.105 e. The van der Waals surface area contributed by atoms with E-state index in [1.807, 2.05) is 7.05 Å². The average molecular weight is 336 g/mol. The van der Waals surface area contributed by atoms with Gasteiger partial charge in [-0.15, -0.1) is 0 Å². The number of nitrogens with one attached hydrogen (secondary N) is 1. The van der Waals surface area contributed by atoms with Crippen molar-refractivity contribution in [2.24, 2.45) is 16.8 Å². The fourth-order valence-electron chi connectivity index (χ4n) is 4.09. The molecule has 4 rings (SSSR count). The van der Waals surface area contributed by atoms with E-state index in [2.05, 4.69) is 59.7 Å². The zero-order chi connectivity index (χ0) is 17.7. The van der Waals surface area contributed by atoms with Crippen molar-refractivity contribution in [2.45, 2.75) is 52.5 Å². The van der Waals surface area contributed by atoms with E-state index >= 15 is 0 Å². The van der Waals surface area contributed by atoms with E-state index in [0.717, 1.165) is 45.8 Å². The van der Waals surface area contributed by atoms with Crippen molar-refractivity contribution in [1.82, 2.24) is 15.1 Å². The molecule has 0 unspecified atom stereocenters. The second kappa shape index (κ2) is 6.01. The van der Waals surface area contributed by atoms with Gasteiger partial charge in [0.05, 0.1) is 5.71 Å². The number of rotatable bonds is 5. The number of aryl methyl sites for hydroxylation is 1. The van der Waals surface area contributed by atoms with Crippen LogP contribution >= 0.6 is 0 Å². The molecule has 0 atom stereocenters. The van der Waals surface area contributed by atoms with Crippen LogP contribution in [0.5, 0.6) is 0 Å². The first kappa shape index (κ1) is 16.4. The molecule has 132 valence electrons. The minimum atomic E-state index is 0.592. The van der Waals surface area contributed by atoms with Crippen LogP contribution in [0.4, 0.5) is 0 Å². The van der Waals surface area contributed by atoms with Gasteiger partial charge >= 0.3 is 0 Å². The Bertz CT molecular complexity index is 784. The summed E-state index contributed by atoms with van der Waals surface area (Å²) in [6.45, 7) is 10.8. The lowest BCUT2D eigenvalue weighted by atomic mass is 9.93. The van der Waals surface area contributed by atoms with E-state index in [9.17, 15) is 0 Å². The van der Waals surface area contributed by atoms with E-state index < -0.39 is 0 Å². The van der Waals surface area contributed by atoms with Gasteiger partial charge in [-0.2, -0.15) is 5.10 Å².